The van der Waals surface area contributed by atoms with Crippen LogP contribution in [0.3, 0.4) is 0 Å². The van der Waals surface area contributed by atoms with Crippen molar-refractivity contribution in [2.75, 3.05) is 5.73 Å². The Morgan fingerprint density at radius 2 is 2.25 bits per heavy atom. The summed E-state index contributed by atoms with van der Waals surface area (Å²) in [6.07, 6.45) is 0. The fraction of sp³-hybridized carbons (Fsp3) is 0.125. The molecule has 3 nitrogen and oxygen atoms in total. The molecule has 2 aromatic rings. The number of anilines is 1. The Balaban J connectivity index is 2.96. The second-order valence-electron chi connectivity index (χ2n) is 2.60. The normalized spacial score (nSPS) is 10.8. The minimum absolute atomic E-state index is 0.686. The van der Waals surface area contributed by atoms with Crippen molar-refractivity contribution >= 4 is 32.6 Å². The van der Waals surface area contributed by atoms with Gasteiger partial charge < -0.3 is 10.3 Å². The lowest BCUT2D eigenvalue weighted by molar-refractivity contribution is 0.450. The highest BCUT2D eigenvalue weighted by Gasteiger charge is 2.09. The van der Waals surface area contributed by atoms with Gasteiger partial charge in [-0.05, 0) is 35.0 Å². The van der Waals surface area contributed by atoms with Crippen molar-refractivity contribution in [3.63, 3.8) is 0 Å². The molecule has 2 rings (SSSR count). The molecule has 2 N–H and O–H groups in total. The number of benzene rings is 1. The number of nitrogen functional groups attached to an aromatic ring is 1. The van der Waals surface area contributed by atoms with Gasteiger partial charge in [0.2, 0.25) is 0 Å². The van der Waals surface area contributed by atoms with Gasteiger partial charge in [-0.25, -0.2) is 0 Å². The van der Waals surface area contributed by atoms with Gasteiger partial charge in [-0.1, -0.05) is 5.16 Å². The van der Waals surface area contributed by atoms with Crippen LogP contribution in [0.4, 0.5) is 5.69 Å². The van der Waals surface area contributed by atoms with Crippen molar-refractivity contribution in [2.45, 2.75) is 6.92 Å². The van der Waals surface area contributed by atoms with Crippen molar-refractivity contribution in [1.29, 1.82) is 0 Å². The monoisotopic (exact) mass is 226 g/mol. The SMILES string of the molecule is Cc1noc2ccc(Br)c(N)c12. The van der Waals surface area contributed by atoms with E-state index in [1.165, 1.54) is 0 Å². The van der Waals surface area contributed by atoms with Crippen molar-refractivity contribution in [1.82, 2.24) is 5.16 Å². The number of aromatic nitrogens is 1. The summed E-state index contributed by atoms with van der Waals surface area (Å²) in [6, 6.07) is 3.69. The van der Waals surface area contributed by atoms with Crippen LogP contribution in [0.5, 0.6) is 0 Å². The lowest BCUT2D eigenvalue weighted by Crippen LogP contribution is -1.87. The quantitative estimate of drug-likeness (QED) is 0.703. The predicted molar refractivity (Wildman–Crippen MR) is 50.9 cm³/mol. The van der Waals surface area contributed by atoms with Crippen LogP contribution in [0.15, 0.2) is 21.1 Å². The molecule has 1 aromatic carbocycles. The number of nitrogens with two attached hydrogens (primary N) is 1. The summed E-state index contributed by atoms with van der Waals surface area (Å²) in [6.45, 7) is 1.87. The fourth-order valence-electron chi connectivity index (χ4n) is 1.19. The molecule has 1 heterocycles. The topological polar surface area (TPSA) is 52.0 Å². The molecule has 0 saturated heterocycles. The Bertz CT molecular complexity index is 436. The molecule has 0 aliphatic heterocycles. The van der Waals surface area contributed by atoms with E-state index in [9.17, 15) is 0 Å². The number of hydrogen-bond acceptors (Lipinski definition) is 3. The van der Waals surface area contributed by atoms with E-state index in [2.05, 4.69) is 21.1 Å². The van der Waals surface area contributed by atoms with E-state index in [-0.39, 0.29) is 0 Å². The Kier molecular flexibility index (Phi) is 1.58. The van der Waals surface area contributed by atoms with Crippen LogP contribution in [-0.4, -0.2) is 5.16 Å². The van der Waals surface area contributed by atoms with Gasteiger partial charge in [0.05, 0.1) is 16.8 Å². The summed E-state index contributed by atoms with van der Waals surface area (Å²) in [5.74, 6) is 0. The summed E-state index contributed by atoms with van der Waals surface area (Å²) >= 11 is 3.34. The molecule has 0 bridgehead atoms. The molecule has 0 radical (unpaired) electrons. The van der Waals surface area contributed by atoms with Crippen LogP contribution in [0.25, 0.3) is 11.0 Å². The third kappa shape index (κ3) is 0.914. The number of nitrogens with zero attached hydrogens (tertiary/aromatic N) is 1. The first-order chi connectivity index (χ1) is 5.70. The van der Waals surface area contributed by atoms with Gasteiger partial charge in [-0.3, -0.25) is 0 Å². The number of halogens is 1. The fourth-order valence-corrected chi connectivity index (χ4v) is 1.52. The van der Waals surface area contributed by atoms with Gasteiger partial charge in [0, 0.05) is 4.47 Å². The van der Waals surface area contributed by atoms with Gasteiger partial charge in [-0.15, -0.1) is 0 Å². The third-order valence-corrected chi connectivity index (χ3v) is 2.49. The summed E-state index contributed by atoms with van der Waals surface area (Å²) in [4.78, 5) is 0. The summed E-state index contributed by atoms with van der Waals surface area (Å²) in [5, 5.41) is 4.71. The second kappa shape index (κ2) is 2.48. The van der Waals surface area contributed by atoms with Crippen molar-refractivity contribution in [3.05, 3.63) is 22.3 Å². The standard InChI is InChI=1S/C8H7BrN2O/c1-4-7-6(12-11-4)3-2-5(9)8(7)10/h2-3H,10H2,1H3. The zero-order chi connectivity index (χ0) is 8.72. The number of aryl methyl sites for hydroxylation is 1. The van der Waals surface area contributed by atoms with Crippen molar-refractivity contribution in [2.24, 2.45) is 0 Å². The van der Waals surface area contributed by atoms with E-state index in [0.717, 1.165) is 21.1 Å². The van der Waals surface area contributed by atoms with E-state index >= 15 is 0 Å². The van der Waals surface area contributed by atoms with Gasteiger partial charge in [0.25, 0.3) is 0 Å². The molecular formula is C8H7BrN2O. The van der Waals surface area contributed by atoms with Crippen molar-refractivity contribution < 1.29 is 4.52 Å². The van der Waals surface area contributed by atoms with Crippen LogP contribution >= 0.6 is 15.9 Å². The van der Waals surface area contributed by atoms with E-state index in [0.29, 0.717) is 5.69 Å². The molecule has 0 unspecified atom stereocenters. The van der Waals surface area contributed by atoms with Gasteiger partial charge in [0.1, 0.15) is 0 Å². The summed E-state index contributed by atoms with van der Waals surface area (Å²) in [7, 11) is 0. The van der Waals surface area contributed by atoms with Crippen LogP contribution in [0, 0.1) is 6.92 Å². The van der Waals surface area contributed by atoms with Gasteiger partial charge in [-0.2, -0.15) is 0 Å². The molecule has 0 fully saturated rings. The molecule has 0 amide bonds. The lowest BCUT2D eigenvalue weighted by atomic mass is 10.2. The molecular weight excluding hydrogens is 220 g/mol. The molecule has 0 spiro atoms. The molecule has 4 heteroatoms. The van der Waals surface area contributed by atoms with E-state index in [4.69, 9.17) is 10.3 Å². The largest absolute Gasteiger partial charge is 0.397 e. The van der Waals surface area contributed by atoms with E-state index in [1.807, 2.05) is 19.1 Å². The first kappa shape index (κ1) is 7.61. The highest BCUT2D eigenvalue weighted by atomic mass is 79.9. The zero-order valence-electron chi connectivity index (χ0n) is 6.47. The maximum Gasteiger partial charge on any atom is 0.169 e. The Morgan fingerprint density at radius 3 is 3.00 bits per heavy atom. The average Bonchev–Trinajstić information content (AvgIpc) is 2.41. The van der Waals surface area contributed by atoms with Crippen LogP contribution in [-0.2, 0) is 0 Å². The molecule has 0 aliphatic rings. The highest BCUT2D eigenvalue weighted by molar-refractivity contribution is 9.10. The smallest absolute Gasteiger partial charge is 0.169 e. The number of hydrogen-bond donors (Lipinski definition) is 1. The minimum atomic E-state index is 0.686. The maximum absolute atomic E-state index is 5.82. The third-order valence-electron chi connectivity index (χ3n) is 1.80. The Labute approximate surface area is 77.7 Å². The first-order valence-corrected chi connectivity index (χ1v) is 4.29. The van der Waals surface area contributed by atoms with Crippen molar-refractivity contribution in [3.8, 4) is 0 Å². The molecule has 12 heavy (non-hydrogen) atoms. The molecule has 1 aromatic heterocycles. The Hall–Kier alpha value is -1.03. The first-order valence-electron chi connectivity index (χ1n) is 3.50. The Morgan fingerprint density at radius 1 is 1.50 bits per heavy atom. The zero-order valence-corrected chi connectivity index (χ0v) is 8.05. The number of fused-ring (bicyclic) bond motifs is 1. The van der Waals surface area contributed by atoms with Gasteiger partial charge in [0.15, 0.2) is 5.58 Å². The van der Waals surface area contributed by atoms with Gasteiger partial charge >= 0.3 is 0 Å². The highest BCUT2D eigenvalue weighted by Crippen LogP contribution is 2.30. The molecule has 0 saturated carbocycles. The minimum Gasteiger partial charge on any atom is -0.397 e. The van der Waals surface area contributed by atoms with E-state index in [1.54, 1.807) is 0 Å². The molecule has 0 aliphatic carbocycles. The molecule has 0 atom stereocenters. The van der Waals surface area contributed by atoms with E-state index < -0.39 is 0 Å². The van der Waals surface area contributed by atoms with Crippen LogP contribution < -0.4 is 5.73 Å². The average molecular weight is 227 g/mol. The summed E-state index contributed by atoms with van der Waals surface area (Å²) in [5.41, 5.74) is 8.06. The lowest BCUT2D eigenvalue weighted by Gasteiger charge is -1.97. The molecule has 62 valence electrons. The predicted octanol–water partition coefficient (Wildman–Crippen LogP) is 2.48. The summed E-state index contributed by atoms with van der Waals surface area (Å²) < 4.78 is 5.91. The second-order valence-corrected chi connectivity index (χ2v) is 3.46. The van der Waals surface area contributed by atoms with Crippen LogP contribution in [0.1, 0.15) is 5.69 Å². The van der Waals surface area contributed by atoms with Crippen LogP contribution in [0.2, 0.25) is 0 Å². The maximum atomic E-state index is 5.82. The number of rotatable bonds is 0.